The SMILES string of the molecule is O=C1OC(=O)c2ccc(SOOO)c3cccc1c23. The standard InChI is InChI=1S/C12H6O6S/c13-11-7-3-1-2-6-9(19-18-17-15)5-4-8(10(6)7)12(14)16-11/h1-5,15H. The van der Waals surface area contributed by atoms with E-state index in [1.807, 2.05) is 0 Å². The maximum Gasteiger partial charge on any atom is 0.346 e. The molecule has 0 spiro atoms. The lowest BCUT2D eigenvalue weighted by Gasteiger charge is -2.16. The average Bonchev–Trinajstić information content (AvgIpc) is 2.42. The van der Waals surface area contributed by atoms with Crippen molar-refractivity contribution in [2.45, 2.75) is 4.90 Å². The Labute approximate surface area is 110 Å². The molecule has 0 saturated carbocycles. The maximum atomic E-state index is 11.7. The molecule has 0 aromatic heterocycles. The van der Waals surface area contributed by atoms with Crippen molar-refractivity contribution in [2.24, 2.45) is 0 Å². The van der Waals surface area contributed by atoms with Gasteiger partial charge in [-0.05, 0) is 23.6 Å². The molecule has 3 rings (SSSR count). The predicted molar refractivity (Wildman–Crippen MR) is 64.3 cm³/mol. The average molecular weight is 278 g/mol. The normalized spacial score (nSPS) is 13.7. The number of benzene rings is 2. The third kappa shape index (κ3) is 1.89. The van der Waals surface area contributed by atoms with Crippen LogP contribution in [0.3, 0.4) is 0 Å². The van der Waals surface area contributed by atoms with E-state index in [0.29, 0.717) is 26.8 Å². The summed E-state index contributed by atoms with van der Waals surface area (Å²) in [6, 6.07) is 8.13. The van der Waals surface area contributed by atoms with E-state index in [2.05, 4.69) is 14.1 Å². The van der Waals surface area contributed by atoms with Crippen molar-refractivity contribution >= 4 is 34.8 Å². The molecule has 0 aliphatic carbocycles. The van der Waals surface area contributed by atoms with E-state index in [1.54, 1.807) is 24.3 Å². The molecular weight excluding hydrogens is 272 g/mol. The number of carbonyl (C=O) groups is 2. The number of hydrogen-bond donors (Lipinski definition) is 1. The Balaban J connectivity index is 2.29. The van der Waals surface area contributed by atoms with E-state index in [1.165, 1.54) is 6.07 Å². The number of esters is 2. The van der Waals surface area contributed by atoms with E-state index in [-0.39, 0.29) is 0 Å². The largest absolute Gasteiger partial charge is 0.386 e. The van der Waals surface area contributed by atoms with Gasteiger partial charge in [0.15, 0.2) is 0 Å². The summed E-state index contributed by atoms with van der Waals surface area (Å²) in [4.78, 5) is 23.9. The van der Waals surface area contributed by atoms with Crippen LogP contribution in [-0.2, 0) is 14.1 Å². The number of carbonyl (C=O) groups excluding carboxylic acids is 2. The molecule has 19 heavy (non-hydrogen) atoms. The molecule has 7 heteroatoms. The second-order valence-corrected chi connectivity index (χ2v) is 4.48. The summed E-state index contributed by atoms with van der Waals surface area (Å²) in [5.74, 6) is -1.35. The van der Waals surface area contributed by atoms with Gasteiger partial charge in [-0.3, -0.25) is 0 Å². The maximum absolute atomic E-state index is 11.7. The van der Waals surface area contributed by atoms with Crippen molar-refractivity contribution < 1.29 is 29.0 Å². The highest BCUT2D eigenvalue weighted by Gasteiger charge is 2.27. The monoisotopic (exact) mass is 278 g/mol. The first kappa shape index (κ1) is 12.1. The van der Waals surface area contributed by atoms with Gasteiger partial charge in [-0.2, -0.15) is 0 Å². The Kier molecular flexibility index (Phi) is 2.96. The molecule has 0 radical (unpaired) electrons. The van der Waals surface area contributed by atoms with Gasteiger partial charge in [-0.1, -0.05) is 17.2 Å². The first-order chi connectivity index (χ1) is 9.22. The molecule has 2 aromatic rings. The second kappa shape index (κ2) is 4.63. The molecule has 0 unspecified atom stereocenters. The van der Waals surface area contributed by atoms with Crippen LogP contribution in [0.2, 0.25) is 0 Å². The van der Waals surface area contributed by atoms with Crippen LogP contribution < -0.4 is 0 Å². The molecule has 96 valence electrons. The molecule has 1 N–H and O–H groups in total. The van der Waals surface area contributed by atoms with Crippen LogP contribution in [0.4, 0.5) is 0 Å². The number of hydrogen-bond acceptors (Lipinski definition) is 7. The highest BCUT2D eigenvalue weighted by molar-refractivity contribution is 7.94. The third-order valence-corrected chi connectivity index (χ3v) is 3.44. The fourth-order valence-electron chi connectivity index (χ4n) is 2.04. The minimum atomic E-state index is -0.676. The summed E-state index contributed by atoms with van der Waals surface area (Å²) in [7, 11) is 0. The van der Waals surface area contributed by atoms with Crippen LogP contribution in [0.25, 0.3) is 10.8 Å². The van der Waals surface area contributed by atoms with Crippen LogP contribution in [0.1, 0.15) is 20.7 Å². The summed E-state index contributed by atoms with van der Waals surface area (Å²) in [6.45, 7) is 0. The van der Waals surface area contributed by atoms with Gasteiger partial charge >= 0.3 is 11.9 Å². The van der Waals surface area contributed by atoms with Gasteiger partial charge in [-0.15, -0.1) is 4.33 Å². The van der Waals surface area contributed by atoms with E-state index in [9.17, 15) is 9.59 Å². The van der Waals surface area contributed by atoms with Gasteiger partial charge in [0.2, 0.25) is 0 Å². The minimum absolute atomic E-state index is 0.319. The zero-order valence-corrected chi connectivity index (χ0v) is 10.1. The predicted octanol–water partition coefficient (Wildman–Crippen LogP) is 2.58. The smallest absolute Gasteiger partial charge is 0.346 e. The molecule has 1 aliphatic heterocycles. The van der Waals surface area contributed by atoms with Gasteiger partial charge in [0, 0.05) is 10.3 Å². The van der Waals surface area contributed by atoms with Crippen LogP contribution in [-0.4, -0.2) is 17.2 Å². The van der Waals surface area contributed by atoms with E-state index < -0.39 is 11.9 Å². The quantitative estimate of drug-likeness (QED) is 0.304. The van der Waals surface area contributed by atoms with E-state index >= 15 is 0 Å². The van der Waals surface area contributed by atoms with Gasteiger partial charge < -0.3 is 4.74 Å². The molecule has 2 aromatic carbocycles. The third-order valence-electron chi connectivity index (χ3n) is 2.78. The lowest BCUT2D eigenvalue weighted by atomic mass is 9.97. The number of ether oxygens (including phenoxy) is 1. The first-order valence-electron chi connectivity index (χ1n) is 5.19. The van der Waals surface area contributed by atoms with Crippen LogP contribution in [0.5, 0.6) is 0 Å². The molecule has 0 bridgehead atoms. The van der Waals surface area contributed by atoms with Crippen molar-refractivity contribution in [3.63, 3.8) is 0 Å². The van der Waals surface area contributed by atoms with Crippen molar-refractivity contribution in [1.82, 2.24) is 0 Å². The summed E-state index contributed by atoms with van der Waals surface area (Å²) in [5, 5.41) is 12.9. The number of cyclic esters (lactones) is 2. The molecule has 0 atom stereocenters. The minimum Gasteiger partial charge on any atom is -0.386 e. The highest BCUT2D eigenvalue weighted by Crippen LogP contribution is 2.35. The van der Waals surface area contributed by atoms with Crippen molar-refractivity contribution in [2.75, 3.05) is 0 Å². The molecule has 0 fully saturated rings. The Morgan fingerprint density at radius 3 is 2.53 bits per heavy atom. The van der Waals surface area contributed by atoms with Crippen molar-refractivity contribution in [3.05, 3.63) is 41.5 Å². The Hall–Kier alpha value is -1.93. The van der Waals surface area contributed by atoms with Crippen LogP contribution in [0.15, 0.2) is 35.2 Å². The zero-order valence-electron chi connectivity index (χ0n) is 9.28. The van der Waals surface area contributed by atoms with Crippen molar-refractivity contribution in [1.29, 1.82) is 0 Å². The molecule has 0 saturated heterocycles. The highest BCUT2D eigenvalue weighted by atomic mass is 32.2. The van der Waals surface area contributed by atoms with Gasteiger partial charge in [0.1, 0.15) is 0 Å². The number of rotatable bonds is 3. The molecule has 6 nitrogen and oxygen atoms in total. The second-order valence-electron chi connectivity index (χ2n) is 3.74. The summed E-state index contributed by atoms with van der Waals surface area (Å²) in [5.41, 5.74) is 0.638. The molecular formula is C12H6O6S. The lowest BCUT2D eigenvalue weighted by Crippen LogP contribution is -2.19. The molecule has 1 aliphatic rings. The fraction of sp³-hybridized carbons (Fsp3) is 0. The summed E-state index contributed by atoms with van der Waals surface area (Å²) in [6.07, 6.45) is 0. The van der Waals surface area contributed by atoms with E-state index in [0.717, 1.165) is 12.0 Å². The van der Waals surface area contributed by atoms with Crippen LogP contribution >= 0.6 is 12.0 Å². The van der Waals surface area contributed by atoms with Gasteiger partial charge in [-0.25, -0.2) is 14.8 Å². The fourth-order valence-corrected chi connectivity index (χ4v) is 2.53. The van der Waals surface area contributed by atoms with E-state index in [4.69, 9.17) is 5.26 Å². The topological polar surface area (TPSA) is 82.1 Å². The van der Waals surface area contributed by atoms with Gasteiger partial charge in [0.25, 0.3) is 0 Å². The van der Waals surface area contributed by atoms with Crippen LogP contribution in [0, 0.1) is 0 Å². The first-order valence-corrected chi connectivity index (χ1v) is 5.93. The Morgan fingerprint density at radius 2 is 1.79 bits per heavy atom. The zero-order chi connectivity index (χ0) is 13.4. The Bertz CT molecular complexity index is 676. The lowest BCUT2D eigenvalue weighted by molar-refractivity contribution is -0.432. The molecule has 0 amide bonds. The summed E-state index contributed by atoms with van der Waals surface area (Å²) < 4.78 is 9.03. The Morgan fingerprint density at radius 1 is 1.05 bits per heavy atom. The molecule has 1 heterocycles. The van der Waals surface area contributed by atoms with Gasteiger partial charge in [0.05, 0.1) is 23.2 Å². The summed E-state index contributed by atoms with van der Waals surface area (Å²) >= 11 is 0.769. The van der Waals surface area contributed by atoms with Crippen molar-refractivity contribution in [3.8, 4) is 0 Å².